The molecule has 27 heavy (non-hydrogen) atoms. The van der Waals surface area contributed by atoms with Crippen molar-refractivity contribution in [3.63, 3.8) is 0 Å². The van der Waals surface area contributed by atoms with E-state index in [0.717, 1.165) is 61.7 Å². The molecule has 1 saturated carbocycles. The Kier molecular flexibility index (Phi) is 7.09. The van der Waals surface area contributed by atoms with Crippen molar-refractivity contribution in [1.82, 2.24) is 10.2 Å². The molecular weight excluding hydrogens is 362 g/mol. The van der Waals surface area contributed by atoms with Gasteiger partial charge < -0.3 is 20.7 Å². The lowest BCUT2D eigenvalue weighted by atomic mass is 9.85. The van der Waals surface area contributed by atoms with Crippen LogP contribution in [0.5, 0.6) is 0 Å². The Bertz CT molecular complexity index is 581. The summed E-state index contributed by atoms with van der Waals surface area (Å²) < 4.78 is 4.91. The van der Waals surface area contributed by atoms with Gasteiger partial charge in [0.25, 0.3) is 5.91 Å². The standard InChI is InChI=1S/C20H33N3O3S/c1-13-18(19(21)24)27-17(8-3-14-9-11-22-12-10-14)23(13)16-6-4-15(5-7-16)20(25)26-2/h14-17,22H,3-12H2,1-2H3,(H2,21,24). The summed E-state index contributed by atoms with van der Waals surface area (Å²) in [6.45, 7) is 4.27. The summed E-state index contributed by atoms with van der Waals surface area (Å²) in [7, 11) is 1.47. The number of ether oxygens (including phenoxy) is 1. The summed E-state index contributed by atoms with van der Waals surface area (Å²) in [6, 6.07) is 0.383. The molecule has 0 aromatic carbocycles. The van der Waals surface area contributed by atoms with Crippen LogP contribution in [0.25, 0.3) is 0 Å². The van der Waals surface area contributed by atoms with Gasteiger partial charge in [0, 0.05) is 11.7 Å². The molecule has 1 aliphatic carbocycles. The van der Waals surface area contributed by atoms with Gasteiger partial charge in [-0.2, -0.15) is 0 Å². The first-order valence-corrected chi connectivity index (χ1v) is 11.1. The Morgan fingerprint density at radius 3 is 2.41 bits per heavy atom. The molecule has 1 saturated heterocycles. The van der Waals surface area contributed by atoms with Crippen molar-refractivity contribution in [3.8, 4) is 0 Å². The number of nitrogens with two attached hydrogens (primary N) is 1. The number of nitrogens with zero attached hydrogens (tertiary/aromatic N) is 1. The summed E-state index contributed by atoms with van der Waals surface area (Å²) in [4.78, 5) is 26.9. The molecule has 0 bridgehead atoms. The van der Waals surface area contributed by atoms with Gasteiger partial charge in [0.2, 0.25) is 0 Å². The molecule has 1 atom stereocenters. The van der Waals surface area contributed by atoms with Crippen molar-refractivity contribution >= 4 is 23.6 Å². The first kappa shape index (κ1) is 20.5. The third kappa shape index (κ3) is 4.80. The second-order valence-corrected chi connectivity index (χ2v) is 9.25. The highest BCUT2D eigenvalue weighted by Gasteiger charge is 2.39. The van der Waals surface area contributed by atoms with E-state index in [1.54, 1.807) is 11.8 Å². The minimum atomic E-state index is -0.310. The summed E-state index contributed by atoms with van der Waals surface area (Å²) >= 11 is 1.65. The van der Waals surface area contributed by atoms with Crippen molar-refractivity contribution < 1.29 is 14.3 Å². The lowest BCUT2D eigenvalue weighted by molar-refractivity contribution is -0.146. The molecule has 2 fully saturated rings. The number of esters is 1. The van der Waals surface area contributed by atoms with E-state index in [-0.39, 0.29) is 17.8 Å². The number of thioether (sulfide) groups is 1. The molecule has 1 amide bonds. The smallest absolute Gasteiger partial charge is 0.308 e. The number of allylic oxidation sites excluding steroid dienone is 1. The summed E-state index contributed by atoms with van der Waals surface area (Å²) in [6.07, 6.45) is 8.43. The number of methoxy groups -OCH3 is 1. The van der Waals surface area contributed by atoms with E-state index in [1.807, 2.05) is 6.92 Å². The van der Waals surface area contributed by atoms with E-state index in [4.69, 9.17) is 10.5 Å². The fraction of sp³-hybridized carbons (Fsp3) is 0.800. The SMILES string of the molecule is COC(=O)C1CCC(N2C(C)=C(C(N)=O)SC2CCC2CCNCC2)CC1. The van der Waals surface area contributed by atoms with Crippen LogP contribution in [-0.2, 0) is 14.3 Å². The van der Waals surface area contributed by atoms with Gasteiger partial charge in [-0.25, -0.2) is 0 Å². The van der Waals surface area contributed by atoms with Crippen molar-refractivity contribution in [2.75, 3.05) is 20.2 Å². The maximum atomic E-state index is 11.9. The molecule has 6 nitrogen and oxygen atoms in total. The lowest BCUT2D eigenvalue weighted by Crippen LogP contribution is -2.41. The number of amides is 1. The number of nitrogens with one attached hydrogen (secondary N) is 1. The quantitative estimate of drug-likeness (QED) is 0.673. The predicted octanol–water partition coefficient (Wildman–Crippen LogP) is 2.59. The topological polar surface area (TPSA) is 84.7 Å². The van der Waals surface area contributed by atoms with Gasteiger partial charge in [-0.05, 0) is 77.3 Å². The maximum absolute atomic E-state index is 11.9. The zero-order valence-electron chi connectivity index (χ0n) is 16.5. The Hall–Kier alpha value is -1.21. The number of piperidine rings is 1. The predicted molar refractivity (Wildman–Crippen MR) is 108 cm³/mol. The van der Waals surface area contributed by atoms with Crippen molar-refractivity contribution in [2.24, 2.45) is 17.6 Å². The molecule has 1 unspecified atom stereocenters. The third-order valence-corrected chi connectivity index (χ3v) is 7.88. The first-order valence-electron chi connectivity index (χ1n) is 10.3. The van der Waals surface area contributed by atoms with Crippen LogP contribution < -0.4 is 11.1 Å². The zero-order valence-corrected chi connectivity index (χ0v) is 17.4. The van der Waals surface area contributed by atoms with Gasteiger partial charge in [0.15, 0.2) is 0 Å². The van der Waals surface area contributed by atoms with Crippen LogP contribution in [0.4, 0.5) is 0 Å². The van der Waals surface area contributed by atoms with Crippen LogP contribution in [0.3, 0.4) is 0 Å². The van der Waals surface area contributed by atoms with Crippen molar-refractivity contribution in [1.29, 1.82) is 0 Å². The van der Waals surface area contributed by atoms with E-state index in [1.165, 1.54) is 26.4 Å². The number of hydrogen-bond acceptors (Lipinski definition) is 6. The second-order valence-electron chi connectivity index (χ2n) is 8.06. The molecule has 2 heterocycles. The normalized spacial score (nSPS) is 29.9. The highest BCUT2D eigenvalue weighted by molar-refractivity contribution is 8.04. The van der Waals surface area contributed by atoms with Crippen molar-refractivity contribution in [2.45, 2.75) is 69.7 Å². The van der Waals surface area contributed by atoms with E-state index in [9.17, 15) is 9.59 Å². The fourth-order valence-electron chi connectivity index (χ4n) is 4.86. The average molecular weight is 396 g/mol. The molecule has 2 aliphatic heterocycles. The molecule has 0 aromatic heterocycles. The van der Waals surface area contributed by atoms with Gasteiger partial charge in [0.05, 0.1) is 23.3 Å². The molecule has 0 aromatic rings. The monoisotopic (exact) mass is 395 g/mol. The van der Waals surface area contributed by atoms with Crippen LogP contribution >= 0.6 is 11.8 Å². The van der Waals surface area contributed by atoms with Crippen LogP contribution in [0, 0.1) is 11.8 Å². The van der Waals surface area contributed by atoms with Gasteiger partial charge in [-0.15, -0.1) is 0 Å². The number of carbonyl (C=O) groups is 2. The van der Waals surface area contributed by atoms with E-state index < -0.39 is 0 Å². The number of primary amides is 1. The minimum Gasteiger partial charge on any atom is -0.469 e. The van der Waals surface area contributed by atoms with Crippen LogP contribution in [0.1, 0.15) is 58.3 Å². The number of rotatable bonds is 6. The molecule has 3 rings (SSSR count). The van der Waals surface area contributed by atoms with E-state index in [0.29, 0.717) is 11.4 Å². The molecule has 7 heteroatoms. The minimum absolute atomic E-state index is 0.0228. The zero-order chi connectivity index (χ0) is 19.4. The number of hydrogen-bond donors (Lipinski definition) is 2. The molecule has 3 N–H and O–H groups in total. The first-order chi connectivity index (χ1) is 13.0. The molecule has 0 spiro atoms. The maximum Gasteiger partial charge on any atom is 0.308 e. The largest absolute Gasteiger partial charge is 0.469 e. The average Bonchev–Trinajstić information content (AvgIpc) is 3.03. The molecule has 3 aliphatic rings. The van der Waals surface area contributed by atoms with Gasteiger partial charge in [0.1, 0.15) is 0 Å². The Labute approximate surface area is 166 Å². The van der Waals surface area contributed by atoms with Gasteiger partial charge in [-0.1, -0.05) is 11.8 Å². The summed E-state index contributed by atoms with van der Waals surface area (Å²) in [5.41, 5.74) is 6.68. The second kappa shape index (κ2) is 9.32. The van der Waals surface area contributed by atoms with E-state index in [2.05, 4.69) is 10.2 Å². The van der Waals surface area contributed by atoms with Crippen LogP contribution in [0.15, 0.2) is 10.6 Å². The lowest BCUT2D eigenvalue weighted by Gasteiger charge is -2.40. The number of carbonyl (C=O) groups excluding carboxylic acids is 2. The summed E-state index contributed by atoms with van der Waals surface area (Å²) in [5.74, 6) is 0.406. The van der Waals surface area contributed by atoms with Crippen LogP contribution in [-0.4, -0.2) is 48.4 Å². The van der Waals surface area contributed by atoms with E-state index >= 15 is 0 Å². The highest BCUT2D eigenvalue weighted by atomic mass is 32.2. The van der Waals surface area contributed by atoms with Gasteiger partial charge in [-0.3, -0.25) is 9.59 Å². The third-order valence-electron chi connectivity index (χ3n) is 6.41. The Balaban J connectivity index is 1.64. The molecule has 0 radical (unpaired) electrons. The fourth-order valence-corrected chi connectivity index (χ4v) is 6.22. The Morgan fingerprint density at radius 2 is 1.81 bits per heavy atom. The summed E-state index contributed by atoms with van der Waals surface area (Å²) in [5, 5.41) is 3.72. The molecular formula is C20H33N3O3S. The molecule has 152 valence electrons. The highest BCUT2D eigenvalue weighted by Crippen LogP contribution is 2.45. The van der Waals surface area contributed by atoms with Crippen LogP contribution in [0.2, 0.25) is 0 Å². The Morgan fingerprint density at radius 1 is 1.15 bits per heavy atom. The van der Waals surface area contributed by atoms with Crippen molar-refractivity contribution in [3.05, 3.63) is 10.6 Å². The van der Waals surface area contributed by atoms with Gasteiger partial charge >= 0.3 is 5.97 Å².